The molecule has 0 amide bonds. The summed E-state index contributed by atoms with van der Waals surface area (Å²) in [5, 5.41) is 10.3. The molecule has 2 heterocycles. The highest BCUT2D eigenvalue weighted by Crippen LogP contribution is 2.30. The fourth-order valence-corrected chi connectivity index (χ4v) is 2.87. The smallest absolute Gasteiger partial charge is 0.267 e. The van der Waals surface area contributed by atoms with E-state index < -0.39 is 0 Å². The number of phenolic OH excluding ortho intramolecular Hbond substituents is 1. The Morgan fingerprint density at radius 3 is 2.62 bits per heavy atom. The molecule has 0 aliphatic heterocycles. The van der Waals surface area contributed by atoms with Crippen molar-refractivity contribution < 1.29 is 9.84 Å². The molecule has 6 heteroatoms. The zero-order chi connectivity index (χ0) is 20.8. The Morgan fingerprint density at radius 1 is 1.14 bits per heavy atom. The van der Waals surface area contributed by atoms with E-state index in [9.17, 15) is 9.90 Å². The van der Waals surface area contributed by atoms with Crippen LogP contribution < -0.4 is 10.3 Å². The number of hydrogen-bond acceptors (Lipinski definition) is 5. The Hall–Kier alpha value is -3.93. The summed E-state index contributed by atoms with van der Waals surface area (Å²) < 4.78 is 6.57. The lowest BCUT2D eigenvalue weighted by molar-refractivity contribution is 0.373. The predicted molar refractivity (Wildman–Crippen MR) is 116 cm³/mol. The van der Waals surface area contributed by atoms with Crippen LogP contribution in [0.1, 0.15) is 29.6 Å². The Bertz CT molecular complexity index is 1150. The van der Waals surface area contributed by atoms with E-state index in [0.717, 1.165) is 0 Å². The second-order valence-electron chi connectivity index (χ2n) is 6.03. The maximum Gasteiger partial charge on any atom is 0.267 e. The van der Waals surface area contributed by atoms with Gasteiger partial charge in [0.15, 0.2) is 11.5 Å². The van der Waals surface area contributed by atoms with Crippen LogP contribution in [0, 0.1) is 0 Å². The molecule has 0 bridgehead atoms. The Balaban J connectivity index is 2.24. The molecule has 146 valence electrons. The summed E-state index contributed by atoms with van der Waals surface area (Å²) in [7, 11) is 1.49. The number of para-hydroxylation sites is 1. The van der Waals surface area contributed by atoms with Gasteiger partial charge in [0.25, 0.3) is 5.56 Å². The van der Waals surface area contributed by atoms with Crippen molar-refractivity contribution in [3.8, 4) is 17.3 Å². The van der Waals surface area contributed by atoms with Crippen molar-refractivity contribution in [1.82, 2.24) is 14.5 Å². The van der Waals surface area contributed by atoms with E-state index in [1.165, 1.54) is 11.7 Å². The van der Waals surface area contributed by atoms with E-state index in [0.29, 0.717) is 34.2 Å². The molecular formula is C23H21N3O3. The van der Waals surface area contributed by atoms with Crippen LogP contribution in [0.15, 0.2) is 60.0 Å². The van der Waals surface area contributed by atoms with Crippen LogP contribution in [0.25, 0.3) is 30.1 Å². The van der Waals surface area contributed by atoms with Crippen molar-refractivity contribution in [2.24, 2.45) is 0 Å². The first-order valence-electron chi connectivity index (χ1n) is 8.98. The molecule has 29 heavy (non-hydrogen) atoms. The fourth-order valence-electron chi connectivity index (χ4n) is 2.87. The van der Waals surface area contributed by atoms with Crippen LogP contribution in [-0.2, 0) is 0 Å². The molecule has 0 atom stereocenters. The maximum atomic E-state index is 13.2. The van der Waals surface area contributed by atoms with Crippen molar-refractivity contribution in [2.45, 2.75) is 6.92 Å². The van der Waals surface area contributed by atoms with Crippen molar-refractivity contribution in [1.29, 1.82) is 0 Å². The second-order valence-corrected chi connectivity index (χ2v) is 6.03. The van der Waals surface area contributed by atoms with E-state index >= 15 is 0 Å². The SMILES string of the molecule is C=Cc1nc(/C=C/c2cccc(OC)c2O)n(-c2ccccn2)c(=O)c1/C=C\C. The molecule has 2 aromatic heterocycles. The summed E-state index contributed by atoms with van der Waals surface area (Å²) >= 11 is 0. The summed E-state index contributed by atoms with van der Waals surface area (Å²) in [6.45, 7) is 5.60. The third kappa shape index (κ3) is 4.01. The normalized spacial score (nSPS) is 11.2. The van der Waals surface area contributed by atoms with E-state index in [1.54, 1.807) is 73.0 Å². The number of methoxy groups -OCH3 is 1. The average Bonchev–Trinajstić information content (AvgIpc) is 2.75. The lowest BCUT2D eigenvalue weighted by Gasteiger charge is -2.12. The van der Waals surface area contributed by atoms with Gasteiger partial charge in [-0.05, 0) is 43.4 Å². The molecule has 0 radical (unpaired) electrons. The molecule has 0 aliphatic rings. The molecule has 0 aliphatic carbocycles. The highest BCUT2D eigenvalue weighted by atomic mass is 16.5. The van der Waals surface area contributed by atoms with Gasteiger partial charge in [0.05, 0.1) is 18.4 Å². The number of nitrogens with zero attached hydrogens (tertiary/aromatic N) is 3. The number of aromatic nitrogens is 3. The van der Waals surface area contributed by atoms with Gasteiger partial charge >= 0.3 is 0 Å². The molecule has 0 saturated heterocycles. The van der Waals surface area contributed by atoms with E-state index in [4.69, 9.17) is 4.74 Å². The van der Waals surface area contributed by atoms with Gasteiger partial charge in [0, 0.05) is 11.8 Å². The summed E-state index contributed by atoms with van der Waals surface area (Å²) in [6, 6.07) is 10.5. The molecule has 3 aromatic rings. The summed E-state index contributed by atoms with van der Waals surface area (Å²) in [5.74, 6) is 1.17. The first-order valence-corrected chi connectivity index (χ1v) is 8.98. The van der Waals surface area contributed by atoms with Crippen LogP contribution in [0.3, 0.4) is 0 Å². The molecule has 1 N–H and O–H groups in total. The van der Waals surface area contributed by atoms with Gasteiger partial charge in [-0.1, -0.05) is 36.9 Å². The molecule has 0 fully saturated rings. The number of aromatic hydroxyl groups is 1. The Morgan fingerprint density at radius 2 is 1.97 bits per heavy atom. The monoisotopic (exact) mass is 387 g/mol. The zero-order valence-corrected chi connectivity index (χ0v) is 16.2. The van der Waals surface area contributed by atoms with Crippen LogP contribution in [0.5, 0.6) is 11.5 Å². The van der Waals surface area contributed by atoms with E-state index in [2.05, 4.69) is 16.5 Å². The van der Waals surface area contributed by atoms with Crippen molar-refractivity contribution in [3.05, 3.63) is 88.2 Å². The number of allylic oxidation sites excluding steroid dienone is 1. The predicted octanol–water partition coefficient (Wildman–Crippen LogP) is 4.19. The Kier molecular flexibility index (Phi) is 6.04. The van der Waals surface area contributed by atoms with Crippen LogP contribution >= 0.6 is 0 Å². The van der Waals surface area contributed by atoms with Crippen molar-refractivity contribution in [2.75, 3.05) is 7.11 Å². The highest BCUT2D eigenvalue weighted by molar-refractivity contribution is 5.73. The molecule has 0 saturated carbocycles. The first kappa shape index (κ1) is 19.8. The topological polar surface area (TPSA) is 77.2 Å². The minimum Gasteiger partial charge on any atom is -0.504 e. The van der Waals surface area contributed by atoms with Gasteiger partial charge in [-0.2, -0.15) is 0 Å². The second kappa shape index (κ2) is 8.84. The molecule has 1 aromatic carbocycles. The quantitative estimate of drug-likeness (QED) is 0.686. The number of ether oxygens (including phenoxy) is 1. The van der Waals surface area contributed by atoms with Gasteiger partial charge in [0.1, 0.15) is 11.6 Å². The summed E-state index contributed by atoms with van der Waals surface area (Å²) in [5.41, 5.74) is 1.16. The molecule has 6 nitrogen and oxygen atoms in total. The van der Waals surface area contributed by atoms with Gasteiger partial charge in [-0.15, -0.1) is 0 Å². The minimum atomic E-state index is -0.263. The van der Waals surface area contributed by atoms with Gasteiger partial charge in [-0.25, -0.2) is 14.5 Å². The molecular weight excluding hydrogens is 366 g/mol. The number of pyridine rings is 1. The fraction of sp³-hybridized carbons (Fsp3) is 0.0870. The molecule has 0 spiro atoms. The number of benzene rings is 1. The van der Waals surface area contributed by atoms with Crippen LogP contribution in [0.2, 0.25) is 0 Å². The summed E-state index contributed by atoms with van der Waals surface area (Å²) in [4.78, 5) is 22.1. The zero-order valence-electron chi connectivity index (χ0n) is 16.2. The molecule has 3 rings (SSSR count). The van der Waals surface area contributed by atoms with Crippen LogP contribution in [0.4, 0.5) is 0 Å². The third-order valence-electron chi connectivity index (χ3n) is 4.24. The van der Waals surface area contributed by atoms with Crippen molar-refractivity contribution >= 4 is 24.3 Å². The number of hydrogen-bond donors (Lipinski definition) is 1. The lowest BCUT2D eigenvalue weighted by Crippen LogP contribution is -2.26. The maximum absolute atomic E-state index is 13.2. The number of rotatable bonds is 6. The largest absolute Gasteiger partial charge is 0.504 e. The van der Waals surface area contributed by atoms with Gasteiger partial charge < -0.3 is 9.84 Å². The first-order chi connectivity index (χ1) is 14.1. The van der Waals surface area contributed by atoms with Crippen molar-refractivity contribution in [3.63, 3.8) is 0 Å². The average molecular weight is 387 g/mol. The van der Waals surface area contributed by atoms with E-state index in [1.807, 2.05) is 6.92 Å². The third-order valence-corrected chi connectivity index (χ3v) is 4.24. The van der Waals surface area contributed by atoms with Gasteiger partial charge in [-0.3, -0.25) is 4.79 Å². The molecule has 0 unspecified atom stereocenters. The van der Waals surface area contributed by atoms with Crippen LogP contribution in [-0.4, -0.2) is 26.8 Å². The van der Waals surface area contributed by atoms with Gasteiger partial charge in [0.2, 0.25) is 0 Å². The highest BCUT2D eigenvalue weighted by Gasteiger charge is 2.14. The van der Waals surface area contributed by atoms with E-state index in [-0.39, 0.29) is 11.3 Å². The lowest BCUT2D eigenvalue weighted by atomic mass is 10.1. The summed E-state index contributed by atoms with van der Waals surface area (Å²) in [6.07, 6.45) is 9.95. The standard InChI is InChI=1S/C23H21N3O3/c1-4-9-17-18(5-2)25-21(26(23(17)28)20-12-6-7-15-24-20)14-13-16-10-8-11-19(29-3)22(16)27/h4-15,27H,2H2,1,3H3/b9-4-,14-13+. The minimum absolute atomic E-state index is 0.00691. The number of phenols is 1. The Labute approximate surface area is 168 Å².